The van der Waals surface area contributed by atoms with Crippen molar-refractivity contribution in [2.75, 3.05) is 25.0 Å². The molecule has 6 heteroatoms. The molecule has 1 amide bonds. The Morgan fingerprint density at radius 1 is 1.52 bits per heavy atom. The van der Waals surface area contributed by atoms with Gasteiger partial charge in [0.2, 0.25) is 5.91 Å². The molecule has 1 unspecified atom stereocenters. The van der Waals surface area contributed by atoms with Gasteiger partial charge >= 0.3 is 0 Å². The fourth-order valence-corrected chi connectivity index (χ4v) is 2.74. The average molecular weight is 350 g/mol. The molecule has 3 rings (SSSR count). The first-order valence-corrected chi connectivity index (χ1v) is 7.68. The van der Waals surface area contributed by atoms with Crippen LogP contribution in [0.25, 0.3) is 10.9 Å². The molecule has 5 nitrogen and oxygen atoms in total. The van der Waals surface area contributed by atoms with Crippen LogP contribution in [0.2, 0.25) is 0 Å². The van der Waals surface area contributed by atoms with Gasteiger partial charge in [-0.05, 0) is 28.1 Å². The van der Waals surface area contributed by atoms with E-state index < -0.39 is 0 Å². The van der Waals surface area contributed by atoms with Gasteiger partial charge in [0.15, 0.2) is 0 Å². The molecular formula is C15H16BrN3O2. The van der Waals surface area contributed by atoms with E-state index in [1.165, 1.54) is 0 Å². The summed E-state index contributed by atoms with van der Waals surface area (Å²) >= 11 is 3.40. The van der Waals surface area contributed by atoms with Gasteiger partial charge in [0.25, 0.3) is 0 Å². The Morgan fingerprint density at radius 2 is 2.43 bits per heavy atom. The van der Waals surface area contributed by atoms with E-state index in [-0.39, 0.29) is 12.0 Å². The van der Waals surface area contributed by atoms with E-state index in [0.717, 1.165) is 27.6 Å². The van der Waals surface area contributed by atoms with Gasteiger partial charge in [-0.25, -0.2) is 0 Å². The highest BCUT2D eigenvalue weighted by Gasteiger charge is 2.17. The molecule has 1 aliphatic rings. The molecular weight excluding hydrogens is 334 g/mol. The Kier molecular flexibility index (Phi) is 4.48. The largest absolute Gasteiger partial charge is 0.375 e. The lowest BCUT2D eigenvalue weighted by Crippen LogP contribution is -2.40. The normalized spacial score (nSPS) is 18.6. The van der Waals surface area contributed by atoms with Crippen LogP contribution in [0, 0.1) is 0 Å². The van der Waals surface area contributed by atoms with Gasteiger partial charge in [0, 0.05) is 29.1 Å². The number of fused-ring (bicyclic) bond motifs is 1. The standard InChI is InChI=1S/C15H16BrN3O2/c16-11-6-10-2-1-3-13(15(10)18-8-11)19-14(20)7-12-9-17-4-5-21-12/h1-3,6,8,12,17H,4-5,7,9H2,(H,19,20). The summed E-state index contributed by atoms with van der Waals surface area (Å²) < 4.78 is 6.46. The molecule has 110 valence electrons. The highest BCUT2D eigenvalue weighted by atomic mass is 79.9. The molecule has 1 saturated heterocycles. The van der Waals surface area contributed by atoms with Crippen LogP contribution in [0.3, 0.4) is 0 Å². The molecule has 21 heavy (non-hydrogen) atoms. The molecule has 0 radical (unpaired) electrons. The van der Waals surface area contributed by atoms with E-state index in [9.17, 15) is 4.79 Å². The number of aromatic nitrogens is 1. The highest BCUT2D eigenvalue weighted by Crippen LogP contribution is 2.24. The molecule has 1 aliphatic heterocycles. The number of pyridine rings is 1. The van der Waals surface area contributed by atoms with Crippen molar-refractivity contribution < 1.29 is 9.53 Å². The third kappa shape index (κ3) is 3.58. The maximum absolute atomic E-state index is 12.1. The first-order chi connectivity index (χ1) is 10.2. The van der Waals surface area contributed by atoms with E-state index in [1.54, 1.807) is 6.20 Å². The Morgan fingerprint density at radius 3 is 3.24 bits per heavy atom. The minimum atomic E-state index is -0.0594. The number of para-hydroxylation sites is 1. The summed E-state index contributed by atoms with van der Waals surface area (Å²) in [5, 5.41) is 7.13. The lowest BCUT2D eigenvalue weighted by molar-refractivity contribution is -0.119. The van der Waals surface area contributed by atoms with Crippen molar-refractivity contribution >= 4 is 38.4 Å². The Hall–Kier alpha value is -1.50. The minimum Gasteiger partial charge on any atom is -0.375 e. The van der Waals surface area contributed by atoms with E-state index in [4.69, 9.17) is 4.74 Å². The van der Waals surface area contributed by atoms with E-state index >= 15 is 0 Å². The van der Waals surface area contributed by atoms with Gasteiger partial charge in [0.05, 0.1) is 30.3 Å². The van der Waals surface area contributed by atoms with Crippen LogP contribution in [0.5, 0.6) is 0 Å². The maximum Gasteiger partial charge on any atom is 0.227 e. The second-order valence-electron chi connectivity index (χ2n) is 4.98. The molecule has 0 spiro atoms. The summed E-state index contributed by atoms with van der Waals surface area (Å²) in [5.74, 6) is -0.0547. The molecule has 1 aromatic carbocycles. The molecule has 0 saturated carbocycles. The van der Waals surface area contributed by atoms with E-state index in [2.05, 4.69) is 31.5 Å². The van der Waals surface area contributed by atoms with Crippen LogP contribution < -0.4 is 10.6 Å². The number of halogens is 1. The van der Waals surface area contributed by atoms with Crippen molar-refractivity contribution in [3.05, 3.63) is 34.9 Å². The molecule has 2 aromatic rings. The fourth-order valence-electron chi connectivity index (χ4n) is 2.39. The van der Waals surface area contributed by atoms with Crippen LogP contribution in [0.4, 0.5) is 5.69 Å². The fraction of sp³-hybridized carbons (Fsp3) is 0.333. The molecule has 1 fully saturated rings. The number of rotatable bonds is 3. The first kappa shape index (κ1) is 14.4. The predicted octanol–water partition coefficient (Wildman–Crippen LogP) is 2.31. The third-order valence-electron chi connectivity index (χ3n) is 3.37. The zero-order valence-corrected chi connectivity index (χ0v) is 13.0. The Labute approximate surface area is 131 Å². The molecule has 1 aromatic heterocycles. The SMILES string of the molecule is O=C(CC1CNCCO1)Nc1cccc2cc(Br)cnc12. The molecule has 2 N–H and O–H groups in total. The highest BCUT2D eigenvalue weighted by molar-refractivity contribution is 9.10. The number of anilines is 1. The number of nitrogens with one attached hydrogen (secondary N) is 2. The van der Waals surface area contributed by atoms with Crippen LogP contribution in [0.1, 0.15) is 6.42 Å². The summed E-state index contributed by atoms with van der Waals surface area (Å²) in [6.45, 7) is 2.22. The van der Waals surface area contributed by atoms with Gasteiger partial charge in [-0.2, -0.15) is 0 Å². The van der Waals surface area contributed by atoms with Crippen molar-refractivity contribution in [1.29, 1.82) is 0 Å². The topological polar surface area (TPSA) is 63.2 Å². The zero-order valence-electron chi connectivity index (χ0n) is 11.4. The van der Waals surface area contributed by atoms with Crippen LogP contribution in [-0.4, -0.2) is 36.7 Å². The van der Waals surface area contributed by atoms with Crippen molar-refractivity contribution in [2.24, 2.45) is 0 Å². The predicted molar refractivity (Wildman–Crippen MR) is 85.3 cm³/mol. The molecule has 0 bridgehead atoms. The van der Waals surface area contributed by atoms with Crippen molar-refractivity contribution in [3.63, 3.8) is 0 Å². The van der Waals surface area contributed by atoms with E-state index in [0.29, 0.717) is 19.6 Å². The summed E-state index contributed by atoms with van der Waals surface area (Å²) in [4.78, 5) is 16.5. The van der Waals surface area contributed by atoms with Crippen molar-refractivity contribution in [3.8, 4) is 0 Å². The maximum atomic E-state index is 12.1. The first-order valence-electron chi connectivity index (χ1n) is 6.89. The summed E-state index contributed by atoms with van der Waals surface area (Å²) in [6.07, 6.45) is 2.02. The van der Waals surface area contributed by atoms with Crippen molar-refractivity contribution in [2.45, 2.75) is 12.5 Å². The molecule has 0 aliphatic carbocycles. The lowest BCUT2D eigenvalue weighted by Gasteiger charge is -2.23. The quantitative estimate of drug-likeness (QED) is 0.892. The van der Waals surface area contributed by atoms with Crippen LogP contribution in [-0.2, 0) is 9.53 Å². The summed E-state index contributed by atoms with van der Waals surface area (Å²) in [5.41, 5.74) is 1.52. The number of ether oxygens (including phenoxy) is 1. The number of nitrogens with zero attached hydrogens (tertiary/aromatic N) is 1. The Balaban J connectivity index is 1.73. The van der Waals surface area contributed by atoms with Gasteiger partial charge in [-0.1, -0.05) is 12.1 Å². The average Bonchev–Trinajstić information content (AvgIpc) is 2.48. The van der Waals surface area contributed by atoms with Gasteiger partial charge in [0.1, 0.15) is 0 Å². The monoisotopic (exact) mass is 349 g/mol. The smallest absolute Gasteiger partial charge is 0.227 e. The number of hydrogen-bond acceptors (Lipinski definition) is 4. The second kappa shape index (κ2) is 6.51. The Bertz CT molecular complexity index is 656. The number of benzene rings is 1. The third-order valence-corrected chi connectivity index (χ3v) is 3.80. The van der Waals surface area contributed by atoms with E-state index in [1.807, 2.05) is 24.3 Å². The van der Waals surface area contributed by atoms with Gasteiger partial charge < -0.3 is 15.4 Å². The number of morpholine rings is 1. The van der Waals surface area contributed by atoms with Crippen LogP contribution in [0.15, 0.2) is 34.9 Å². The number of amides is 1. The lowest BCUT2D eigenvalue weighted by atomic mass is 10.1. The zero-order chi connectivity index (χ0) is 14.7. The van der Waals surface area contributed by atoms with Gasteiger partial charge in [-0.15, -0.1) is 0 Å². The van der Waals surface area contributed by atoms with Gasteiger partial charge in [-0.3, -0.25) is 9.78 Å². The second-order valence-corrected chi connectivity index (χ2v) is 5.90. The number of carbonyl (C=O) groups is 1. The molecule has 1 atom stereocenters. The number of hydrogen-bond donors (Lipinski definition) is 2. The summed E-state index contributed by atoms with van der Waals surface area (Å²) in [6, 6.07) is 7.72. The summed E-state index contributed by atoms with van der Waals surface area (Å²) in [7, 11) is 0. The van der Waals surface area contributed by atoms with Crippen LogP contribution >= 0.6 is 15.9 Å². The number of carbonyl (C=O) groups excluding carboxylic acids is 1. The van der Waals surface area contributed by atoms with Crippen molar-refractivity contribution in [1.82, 2.24) is 10.3 Å². The molecule has 2 heterocycles. The minimum absolute atomic E-state index is 0.0547.